The van der Waals surface area contributed by atoms with Gasteiger partial charge in [0.15, 0.2) is 0 Å². The molecule has 4 nitrogen and oxygen atoms in total. The highest BCUT2D eigenvalue weighted by Gasteiger charge is 2.36. The zero-order valence-electron chi connectivity index (χ0n) is 13.8. The van der Waals surface area contributed by atoms with Crippen LogP contribution in [0.1, 0.15) is 17.2 Å². The number of hydrogen-bond acceptors (Lipinski definition) is 3. The van der Waals surface area contributed by atoms with Crippen LogP contribution in [0.25, 0.3) is 0 Å². The van der Waals surface area contributed by atoms with Crippen LogP contribution in [-0.2, 0) is 10.0 Å². The lowest BCUT2D eigenvalue weighted by atomic mass is 10.1. The third kappa shape index (κ3) is 3.42. The molecular weight excluding hydrogens is 388 g/mol. The highest BCUT2D eigenvalue weighted by molar-refractivity contribution is 9.10. The lowest BCUT2D eigenvalue weighted by molar-refractivity contribution is 0.160. The largest absolute Gasteiger partial charge is 0.303 e. The van der Waals surface area contributed by atoms with E-state index in [1.54, 1.807) is 22.5 Å². The molecule has 1 aliphatic heterocycles. The minimum atomic E-state index is -3.54. The van der Waals surface area contributed by atoms with Crippen molar-refractivity contribution < 1.29 is 8.42 Å². The van der Waals surface area contributed by atoms with E-state index in [1.165, 1.54) is 0 Å². The van der Waals surface area contributed by atoms with E-state index < -0.39 is 10.0 Å². The molecule has 1 saturated heterocycles. The van der Waals surface area contributed by atoms with Crippen LogP contribution in [-0.4, -0.2) is 44.3 Å². The molecule has 1 fully saturated rings. The minimum absolute atomic E-state index is 0.168. The van der Waals surface area contributed by atoms with Crippen LogP contribution in [0.2, 0.25) is 0 Å². The Hall–Kier alpha value is -1.21. The van der Waals surface area contributed by atoms with Crippen molar-refractivity contribution in [3.63, 3.8) is 0 Å². The number of likely N-dealkylation sites (N-methyl/N-ethyl adjacent to an activating group) is 1. The summed E-state index contributed by atoms with van der Waals surface area (Å²) in [6.45, 7) is 3.83. The molecule has 2 aromatic rings. The Balaban J connectivity index is 2.02. The number of benzene rings is 2. The number of hydrogen-bond donors (Lipinski definition) is 0. The first-order chi connectivity index (χ1) is 11.4. The van der Waals surface area contributed by atoms with Gasteiger partial charge < -0.3 is 4.90 Å². The van der Waals surface area contributed by atoms with Gasteiger partial charge in [0.05, 0.1) is 10.9 Å². The molecule has 0 spiro atoms. The molecule has 0 unspecified atom stereocenters. The lowest BCUT2D eigenvalue weighted by Gasteiger charge is -2.39. The van der Waals surface area contributed by atoms with Crippen LogP contribution in [0.4, 0.5) is 0 Å². The number of piperazine rings is 1. The van der Waals surface area contributed by atoms with E-state index in [-0.39, 0.29) is 6.04 Å². The van der Waals surface area contributed by atoms with Gasteiger partial charge in [-0.25, -0.2) is 8.42 Å². The molecule has 1 heterocycles. The highest BCUT2D eigenvalue weighted by atomic mass is 79.9. The van der Waals surface area contributed by atoms with Crippen molar-refractivity contribution in [1.82, 2.24) is 9.21 Å². The van der Waals surface area contributed by atoms with Crippen molar-refractivity contribution in [3.8, 4) is 0 Å². The van der Waals surface area contributed by atoms with Crippen LogP contribution < -0.4 is 0 Å². The van der Waals surface area contributed by atoms with Gasteiger partial charge in [-0.15, -0.1) is 0 Å². The number of sulfonamides is 1. The summed E-state index contributed by atoms with van der Waals surface area (Å²) >= 11 is 3.43. The van der Waals surface area contributed by atoms with Crippen molar-refractivity contribution in [2.45, 2.75) is 17.9 Å². The van der Waals surface area contributed by atoms with Crippen LogP contribution in [0.5, 0.6) is 0 Å². The van der Waals surface area contributed by atoms with Crippen molar-refractivity contribution in [2.24, 2.45) is 0 Å². The van der Waals surface area contributed by atoms with E-state index in [4.69, 9.17) is 0 Å². The molecule has 0 saturated carbocycles. The average molecular weight is 409 g/mol. The molecule has 0 aliphatic carbocycles. The fourth-order valence-electron chi connectivity index (χ4n) is 3.05. The Kier molecular flexibility index (Phi) is 5.11. The summed E-state index contributed by atoms with van der Waals surface area (Å²) < 4.78 is 29.0. The molecule has 1 atom stereocenters. The second-order valence-electron chi connectivity index (χ2n) is 6.22. The Labute approximate surface area is 152 Å². The average Bonchev–Trinajstić information content (AvgIpc) is 2.57. The summed E-state index contributed by atoms with van der Waals surface area (Å²) in [5, 5.41) is 0. The Morgan fingerprint density at radius 1 is 1.08 bits per heavy atom. The lowest BCUT2D eigenvalue weighted by Crippen LogP contribution is -2.49. The maximum atomic E-state index is 13.2. The van der Waals surface area contributed by atoms with Crippen molar-refractivity contribution in [2.75, 3.05) is 26.7 Å². The van der Waals surface area contributed by atoms with Gasteiger partial charge in [0.1, 0.15) is 0 Å². The zero-order valence-corrected chi connectivity index (χ0v) is 16.2. The molecule has 2 aromatic carbocycles. The fourth-order valence-corrected chi connectivity index (χ4v) is 4.98. The minimum Gasteiger partial charge on any atom is -0.303 e. The smallest absolute Gasteiger partial charge is 0.243 e. The van der Waals surface area contributed by atoms with E-state index in [9.17, 15) is 8.42 Å². The van der Waals surface area contributed by atoms with E-state index in [0.29, 0.717) is 18.0 Å². The quantitative estimate of drug-likeness (QED) is 0.780. The molecule has 1 aliphatic rings. The summed E-state index contributed by atoms with van der Waals surface area (Å²) in [6, 6.07) is 14.9. The summed E-state index contributed by atoms with van der Waals surface area (Å²) in [6.07, 6.45) is 0. The van der Waals surface area contributed by atoms with E-state index in [2.05, 4.69) is 20.8 Å². The zero-order chi connectivity index (χ0) is 17.3. The topological polar surface area (TPSA) is 40.6 Å². The van der Waals surface area contributed by atoms with Crippen molar-refractivity contribution >= 4 is 26.0 Å². The van der Waals surface area contributed by atoms with Gasteiger partial charge in [-0.3, -0.25) is 0 Å². The maximum absolute atomic E-state index is 13.2. The number of halogens is 1. The number of rotatable bonds is 3. The molecule has 3 rings (SSSR count). The Morgan fingerprint density at radius 3 is 2.46 bits per heavy atom. The van der Waals surface area contributed by atoms with Gasteiger partial charge in [0.25, 0.3) is 0 Å². The number of aryl methyl sites for hydroxylation is 1. The normalized spacial score (nSPS) is 20.2. The first-order valence-corrected chi connectivity index (χ1v) is 10.1. The molecule has 0 aromatic heterocycles. The van der Waals surface area contributed by atoms with Crippen molar-refractivity contribution in [3.05, 3.63) is 64.1 Å². The molecule has 0 radical (unpaired) electrons. The van der Waals surface area contributed by atoms with Crippen molar-refractivity contribution in [1.29, 1.82) is 0 Å². The molecule has 24 heavy (non-hydrogen) atoms. The monoisotopic (exact) mass is 408 g/mol. The Morgan fingerprint density at radius 2 is 1.79 bits per heavy atom. The summed E-state index contributed by atoms with van der Waals surface area (Å²) in [5.74, 6) is 0. The van der Waals surface area contributed by atoms with Crippen LogP contribution in [0.15, 0.2) is 57.9 Å². The predicted molar refractivity (Wildman–Crippen MR) is 99.5 cm³/mol. The molecule has 0 bridgehead atoms. The van der Waals surface area contributed by atoms with Crippen LogP contribution >= 0.6 is 15.9 Å². The first kappa shape index (κ1) is 17.6. The third-order valence-corrected chi connectivity index (χ3v) is 7.25. The third-order valence-electron chi connectivity index (χ3n) is 4.45. The summed E-state index contributed by atoms with van der Waals surface area (Å²) in [7, 11) is -1.50. The van der Waals surface area contributed by atoms with Crippen LogP contribution in [0.3, 0.4) is 0 Å². The molecular formula is C18H21BrN2O2S. The second kappa shape index (κ2) is 6.96. The first-order valence-electron chi connectivity index (χ1n) is 7.91. The molecule has 0 amide bonds. The number of nitrogens with zero attached hydrogens (tertiary/aromatic N) is 2. The molecule has 128 valence electrons. The fraction of sp³-hybridized carbons (Fsp3) is 0.333. The van der Waals surface area contributed by atoms with Gasteiger partial charge in [0, 0.05) is 24.1 Å². The standard InChI is InChI=1S/C18H21BrN2O2S/c1-14-12-16(8-9-17(14)19)24(22,23)21-11-10-20(2)13-18(21)15-6-4-3-5-7-15/h3-9,12,18H,10-11,13H2,1-2H3/t18-/m1/s1. The highest BCUT2D eigenvalue weighted by Crippen LogP contribution is 2.31. The summed E-state index contributed by atoms with van der Waals surface area (Å²) in [4.78, 5) is 2.53. The van der Waals surface area contributed by atoms with Crippen LogP contribution in [0, 0.1) is 6.92 Å². The van der Waals surface area contributed by atoms with Gasteiger partial charge in [0.2, 0.25) is 10.0 Å². The van der Waals surface area contributed by atoms with E-state index >= 15 is 0 Å². The summed E-state index contributed by atoms with van der Waals surface area (Å²) in [5.41, 5.74) is 1.95. The van der Waals surface area contributed by atoms with Gasteiger partial charge in [-0.1, -0.05) is 46.3 Å². The maximum Gasteiger partial charge on any atom is 0.243 e. The second-order valence-corrected chi connectivity index (χ2v) is 8.96. The van der Waals surface area contributed by atoms with Gasteiger partial charge in [-0.05, 0) is 43.3 Å². The van der Waals surface area contributed by atoms with Gasteiger partial charge in [-0.2, -0.15) is 4.31 Å². The van der Waals surface area contributed by atoms with Gasteiger partial charge >= 0.3 is 0 Å². The molecule has 0 N–H and O–H groups in total. The SMILES string of the molecule is Cc1cc(S(=O)(=O)N2CCN(C)C[C@@H]2c2ccccc2)ccc1Br. The van der Waals surface area contributed by atoms with E-state index in [0.717, 1.165) is 22.1 Å². The van der Waals surface area contributed by atoms with E-state index in [1.807, 2.05) is 44.3 Å². The Bertz CT molecular complexity index is 824. The predicted octanol–water partition coefficient (Wildman–Crippen LogP) is 3.43. The molecule has 6 heteroatoms.